The summed E-state index contributed by atoms with van der Waals surface area (Å²) in [6.45, 7) is 0. The van der Waals surface area contributed by atoms with Gasteiger partial charge in [0.15, 0.2) is 0 Å². The van der Waals surface area contributed by atoms with Crippen molar-refractivity contribution in [2.75, 3.05) is 4.72 Å². The van der Waals surface area contributed by atoms with E-state index >= 15 is 0 Å². The number of benzene rings is 3. The molecular formula is C19H16BrNO2S. The second kappa shape index (κ2) is 7.20. The number of anilines is 1. The molecule has 0 aliphatic rings. The lowest BCUT2D eigenvalue weighted by Crippen LogP contribution is -2.12. The molecule has 0 amide bonds. The molecule has 5 heteroatoms. The van der Waals surface area contributed by atoms with Crippen molar-refractivity contribution in [2.24, 2.45) is 0 Å². The monoisotopic (exact) mass is 401 g/mol. The summed E-state index contributed by atoms with van der Waals surface area (Å²) in [6.07, 6.45) is 0.759. The topological polar surface area (TPSA) is 46.2 Å². The van der Waals surface area contributed by atoms with Crippen LogP contribution in [0, 0.1) is 0 Å². The molecule has 24 heavy (non-hydrogen) atoms. The number of rotatable bonds is 5. The standard InChI is InChI=1S/C19H16BrNO2S/c20-17-9-11-19(12-10-17)24(22,23)21-18-8-4-7-16(14-18)13-15-5-2-1-3-6-15/h1-12,14,21H,13H2. The van der Waals surface area contributed by atoms with Crippen LogP contribution >= 0.6 is 15.9 Å². The van der Waals surface area contributed by atoms with Gasteiger partial charge in [-0.15, -0.1) is 0 Å². The second-order valence-corrected chi connectivity index (χ2v) is 8.02. The smallest absolute Gasteiger partial charge is 0.261 e. The van der Waals surface area contributed by atoms with E-state index in [2.05, 4.69) is 32.8 Å². The van der Waals surface area contributed by atoms with Gasteiger partial charge in [0.1, 0.15) is 0 Å². The van der Waals surface area contributed by atoms with Gasteiger partial charge < -0.3 is 0 Å². The highest BCUT2D eigenvalue weighted by Gasteiger charge is 2.14. The summed E-state index contributed by atoms with van der Waals surface area (Å²) in [7, 11) is -3.59. The maximum atomic E-state index is 12.5. The van der Waals surface area contributed by atoms with Gasteiger partial charge in [-0.1, -0.05) is 58.4 Å². The van der Waals surface area contributed by atoms with Crippen molar-refractivity contribution < 1.29 is 8.42 Å². The SMILES string of the molecule is O=S(=O)(Nc1cccc(Cc2ccccc2)c1)c1ccc(Br)cc1. The highest BCUT2D eigenvalue weighted by atomic mass is 79.9. The second-order valence-electron chi connectivity index (χ2n) is 5.42. The molecule has 0 aliphatic heterocycles. The molecule has 1 N–H and O–H groups in total. The Balaban J connectivity index is 1.80. The van der Waals surface area contributed by atoms with E-state index in [9.17, 15) is 8.42 Å². The van der Waals surface area contributed by atoms with Gasteiger partial charge in [-0.25, -0.2) is 8.42 Å². The van der Waals surface area contributed by atoms with Crippen LogP contribution < -0.4 is 4.72 Å². The fraction of sp³-hybridized carbons (Fsp3) is 0.0526. The summed E-state index contributed by atoms with van der Waals surface area (Å²) < 4.78 is 28.4. The van der Waals surface area contributed by atoms with Gasteiger partial charge in [-0.05, 0) is 53.9 Å². The summed E-state index contributed by atoms with van der Waals surface area (Å²) in [5, 5.41) is 0. The van der Waals surface area contributed by atoms with Crippen LogP contribution in [0.1, 0.15) is 11.1 Å². The Morgan fingerprint density at radius 1 is 0.792 bits per heavy atom. The van der Waals surface area contributed by atoms with Crippen LogP contribution in [0.15, 0.2) is 88.2 Å². The molecule has 0 aliphatic carbocycles. The Hall–Kier alpha value is -2.11. The molecule has 0 unspecified atom stereocenters. The predicted octanol–water partition coefficient (Wildman–Crippen LogP) is 4.84. The fourth-order valence-electron chi connectivity index (χ4n) is 2.40. The molecule has 0 saturated heterocycles. The molecule has 0 radical (unpaired) electrons. The Bertz CT molecular complexity index is 923. The van der Waals surface area contributed by atoms with E-state index in [1.165, 1.54) is 5.56 Å². The first kappa shape index (κ1) is 16.7. The number of nitrogens with one attached hydrogen (secondary N) is 1. The molecule has 0 heterocycles. The van der Waals surface area contributed by atoms with Crippen molar-refractivity contribution in [3.05, 3.63) is 94.5 Å². The van der Waals surface area contributed by atoms with Gasteiger partial charge in [0.2, 0.25) is 0 Å². The van der Waals surface area contributed by atoms with E-state index in [1.54, 1.807) is 30.3 Å². The third-order valence-corrected chi connectivity index (χ3v) is 5.48. The van der Waals surface area contributed by atoms with E-state index in [1.807, 2.05) is 36.4 Å². The van der Waals surface area contributed by atoms with Crippen LogP contribution in [0.25, 0.3) is 0 Å². The Labute approximate surface area is 150 Å². The third kappa shape index (κ3) is 4.24. The van der Waals surface area contributed by atoms with Crippen molar-refractivity contribution in [3.63, 3.8) is 0 Å². The molecule has 122 valence electrons. The maximum absolute atomic E-state index is 12.5. The molecule has 0 spiro atoms. The highest BCUT2D eigenvalue weighted by molar-refractivity contribution is 9.10. The lowest BCUT2D eigenvalue weighted by atomic mass is 10.0. The van der Waals surface area contributed by atoms with Crippen molar-refractivity contribution in [3.8, 4) is 0 Å². The summed E-state index contributed by atoms with van der Waals surface area (Å²) in [4.78, 5) is 0.235. The van der Waals surface area contributed by atoms with Crippen LogP contribution in [0.5, 0.6) is 0 Å². The lowest BCUT2D eigenvalue weighted by molar-refractivity contribution is 0.601. The minimum Gasteiger partial charge on any atom is -0.280 e. The number of sulfonamides is 1. The van der Waals surface area contributed by atoms with Crippen LogP contribution in [0.2, 0.25) is 0 Å². The molecular weight excluding hydrogens is 386 g/mol. The lowest BCUT2D eigenvalue weighted by Gasteiger charge is -2.10. The van der Waals surface area contributed by atoms with Crippen LogP contribution in [0.4, 0.5) is 5.69 Å². The summed E-state index contributed by atoms with van der Waals surface area (Å²) in [5.41, 5.74) is 2.80. The molecule has 3 nitrogen and oxygen atoms in total. The van der Waals surface area contributed by atoms with Gasteiger partial charge in [-0.3, -0.25) is 4.72 Å². The van der Waals surface area contributed by atoms with Crippen molar-refractivity contribution >= 4 is 31.6 Å². The molecule has 0 atom stereocenters. The Morgan fingerprint density at radius 3 is 2.17 bits per heavy atom. The normalized spacial score (nSPS) is 11.2. The predicted molar refractivity (Wildman–Crippen MR) is 101 cm³/mol. The van der Waals surface area contributed by atoms with E-state index in [0.717, 1.165) is 16.5 Å². The first-order valence-corrected chi connectivity index (χ1v) is 9.72. The zero-order valence-electron chi connectivity index (χ0n) is 12.8. The zero-order chi connectivity index (χ0) is 17.0. The molecule has 3 rings (SSSR count). The van der Waals surface area contributed by atoms with Crippen LogP contribution in [0.3, 0.4) is 0 Å². The van der Waals surface area contributed by atoms with E-state index in [0.29, 0.717) is 5.69 Å². The van der Waals surface area contributed by atoms with Gasteiger partial charge in [0, 0.05) is 10.2 Å². The van der Waals surface area contributed by atoms with Crippen LogP contribution in [-0.4, -0.2) is 8.42 Å². The van der Waals surface area contributed by atoms with E-state index in [-0.39, 0.29) is 4.90 Å². The maximum Gasteiger partial charge on any atom is 0.261 e. The third-order valence-electron chi connectivity index (χ3n) is 3.55. The van der Waals surface area contributed by atoms with Crippen molar-refractivity contribution in [1.82, 2.24) is 0 Å². The Kier molecular flexibility index (Phi) is 5.02. The van der Waals surface area contributed by atoms with Gasteiger partial charge in [-0.2, -0.15) is 0 Å². The molecule has 0 aromatic heterocycles. The first-order chi connectivity index (χ1) is 11.5. The van der Waals surface area contributed by atoms with Gasteiger partial charge in [0.25, 0.3) is 10.0 Å². The number of hydrogen-bond acceptors (Lipinski definition) is 2. The number of hydrogen-bond donors (Lipinski definition) is 1. The summed E-state index contributed by atoms with van der Waals surface area (Å²) in [6, 6.07) is 24.1. The average molecular weight is 402 g/mol. The molecule has 3 aromatic rings. The summed E-state index contributed by atoms with van der Waals surface area (Å²) >= 11 is 3.30. The quantitative estimate of drug-likeness (QED) is 0.664. The average Bonchev–Trinajstić information content (AvgIpc) is 2.56. The van der Waals surface area contributed by atoms with Crippen LogP contribution in [-0.2, 0) is 16.4 Å². The molecule has 0 fully saturated rings. The molecule has 0 bridgehead atoms. The van der Waals surface area contributed by atoms with Gasteiger partial charge >= 0.3 is 0 Å². The summed E-state index contributed by atoms with van der Waals surface area (Å²) in [5.74, 6) is 0. The van der Waals surface area contributed by atoms with E-state index < -0.39 is 10.0 Å². The largest absolute Gasteiger partial charge is 0.280 e. The first-order valence-electron chi connectivity index (χ1n) is 7.44. The zero-order valence-corrected chi connectivity index (χ0v) is 15.2. The minimum atomic E-state index is -3.59. The highest BCUT2D eigenvalue weighted by Crippen LogP contribution is 2.20. The van der Waals surface area contributed by atoms with Crippen molar-refractivity contribution in [2.45, 2.75) is 11.3 Å². The fourth-order valence-corrected chi connectivity index (χ4v) is 3.72. The van der Waals surface area contributed by atoms with E-state index in [4.69, 9.17) is 0 Å². The minimum absolute atomic E-state index is 0.235. The molecule has 3 aromatic carbocycles. The van der Waals surface area contributed by atoms with Gasteiger partial charge in [0.05, 0.1) is 4.90 Å². The Morgan fingerprint density at radius 2 is 1.46 bits per heavy atom. The molecule has 0 saturated carbocycles. The van der Waals surface area contributed by atoms with Crippen molar-refractivity contribution in [1.29, 1.82) is 0 Å². The number of halogens is 1.